The lowest BCUT2D eigenvalue weighted by Gasteiger charge is -2.18. The molecule has 0 unspecified atom stereocenters. The second kappa shape index (κ2) is 10.1. The highest BCUT2D eigenvalue weighted by atomic mass is 35.5. The van der Waals surface area contributed by atoms with Gasteiger partial charge in [-0.2, -0.15) is 0 Å². The van der Waals surface area contributed by atoms with Crippen LogP contribution in [0.4, 0.5) is 0 Å². The van der Waals surface area contributed by atoms with Crippen LogP contribution >= 0.6 is 11.6 Å². The van der Waals surface area contributed by atoms with Gasteiger partial charge in [0.15, 0.2) is 11.0 Å². The molecule has 0 spiro atoms. The van der Waals surface area contributed by atoms with Crippen molar-refractivity contribution in [1.82, 2.24) is 5.32 Å². The van der Waals surface area contributed by atoms with Gasteiger partial charge in [-0.05, 0) is 63.9 Å². The van der Waals surface area contributed by atoms with E-state index < -0.39 is 17.5 Å². The first kappa shape index (κ1) is 24.3. The number of amides is 1. The Hall–Kier alpha value is -3.32. The highest BCUT2D eigenvalue weighted by Crippen LogP contribution is 2.33. The minimum Gasteiger partial charge on any atom is -0.493 e. The molecule has 0 saturated carbocycles. The lowest BCUT2D eigenvalue weighted by Crippen LogP contribution is -2.37. The lowest BCUT2D eigenvalue weighted by atomic mass is 10.1. The fourth-order valence-electron chi connectivity index (χ4n) is 3.08. The summed E-state index contributed by atoms with van der Waals surface area (Å²) in [6, 6.07) is 12.0. The van der Waals surface area contributed by atoms with Gasteiger partial charge in [0.25, 0.3) is 0 Å². The molecular formula is C25H26ClNO6. The van der Waals surface area contributed by atoms with Gasteiger partial charge in [-0.15, -0.1) is 0 Å². The van der Waals surface area contributed by atoms with Crippen molar-refractivity contribution in [3.05, 3.63) is 63.3 Å². The van der Waals surface area contributed by atoms with E-state index in [9.17, 15) is 14.4 Å². The number of ether oxygens (including phenoxy) is 2. The summed E-state index contributed by atoms with van der Waals surface area (Å²) in [5.41, 5.74) is 0.954. The molecule has 0 aliphatic carbocycles. The fraction of sp³-hybridized carbons (Fsp3) is 0.320. The number of aryl methyl sites for hydroxylation is 1. The van der Waals surface area contributed by atoms with Gasteiger partial charge in [0, 0.05) is 12.6 Å². The number of halogens is 1. The number of hydrogen-bond acceptors (Lipinski definition) is 6. The van der Waals surface area contributed by atoms with Crippen LogP contribution in [0.25, 0.3) is 22.3 Å². The van der Waals surface area contributed by atoms with Gasteiger partial charge in [0.1, 0.15) is 17.1 Å². The molecule has 0 bridgehead atoms. The topological polar surface area (TPSA) is 94.8 Å². The van der Waals surface area contributed by atoms with Gasteiger partial charge >= 0.3 is 11.9 Å². The molecule has 1 amide bonds. The van der Waals surface area contributed by atoms with Crippen molar-refractivity contribution < 1.29 is 23.5 Å². The van der Waals surface area contributed by atoms with E-state index in [0.717, 1.165) is 5.56 Å². The molecule has 8 heteroatoms. The van der Waals surface area contributed by atoms with Crippen LogP contribution in [0.3, 0.4) is 0 Å². The molecule has 0 radical (unpaired) electrons. The number of para-hydroxylation sites is 1. The molecule has 1 heterocycles. The Labute approximate surface area is 196 Å². The number of carbonyl (C=O) groups is 2. The van der Waals surface area contributed by atoms with E-state index >= 15 is 0 Å². The number of nitrogens with one attached hydrogen (secondary N) is 1. The predicted molar refractivity (Wildman–Crippen MR) is 127 cm³/mol. The molecule has 0 saturated heterocycles. The standard InChI is InChI=1S/C25H26ClNO6/c1-15-9-10-17(21-14-19(28)16-7-5-8-18(26)22(16)32-21)20(13-15)31-12-6-11-27-23(29)24(30)33-25(2,3)4/h5,7-10,13-14H,6,11-12H2,1-4H3,(H,27,29). The molecule has 7 nitrogen and oxygen atoms in total. The molecule has 3 aromatic rings. The van der Waals surface area contributed by atoms with Crippen molar-refractivity contribution in [2.45, 2.75) is 39.7 Å². The van der Waals surface area contributed by atoms with Crippen LogP contribution in [-0.2, 0) is 14.3 Å². The lowest BCUT2D eigenvalue weighted by molar-refractivity contribution is -0.163. The van der Waals surface area contributed by atoms with Crippen molar-refractivity contribution in [2.24, 2.45) is 0 Å². The third-order valence-corrected chi connectivity index (χ3v) is 4.86. The van der Waals surface area contributed by atoms with Gasteiger partial charge in [-0.1, -0.05) is 23.7 Å². The number of esters is 1. The van der Waals surface area contributed by atoms with Gasteiger partial charge in [0.05, 0.1) is 22.6 Å². The first-order chi connectivity index (χ1) is 15.5. The average molecular weight is 472 g/mol. The maximum Gasteiger partial charge on any atom is 0.397 e. The predicted octanol–water partition coefficient (Wildman–Crippen LogP) is 4.65. The van der Waals surface area contributed by atoms with Crippen molar-refractivity contribution in [2.75, 3.05) is 13.2 Å². The van der Waals surface area contributed by atoms with E-state index in [2.05, 4.69) is 5.32 Å². The zero-order chi connectivity index (χ0) is 24.2. The van der Waals surface area contributed by atoms with Crippen LogP contribution in [0.5, 0.6) is 5.75 Å². The third-order valence-electron chi connectivity index (χ3n) is 4.56. The van der Waals surface area contributed by atoms with Crippen LogP contribution < -0.4 is 15.5 Å². The highest BCUT2D eigenvalue weighted by molar-refractivity contribution is 6.34. The van der Waals surface area contributed by atoms with Gasteiger partial charge in [-0.3, -0.25) is 9.59 Å². The quantitative estimate of drug-likeness (QED) is 0.319. The summed E-state index contributed by atoms with van der Waals surface area (Å²) < 4.78 is 16.9. The van der Waals surface area contributed by atoms with E-state index in [0.29, 0.717) is 39.5 Å². The first-order valence-corrected chi connectivity index (χ1v) is 10.9. The van der Waals surface area contributed by atoms with E-state index in [-0.39, 0.29) is 18.6 Å². The fourth-order valence-corrected chi connectivity index (χ4v) is 3.29. The monoisotopic (exact) mass is 471 g/mol. The van der Waals surface area contributed by atoms with E-state index in [4.69, 9.17) is 25.5 Å². The molecular weight excluding hydrogens is 446 g/mol. The Bertz CT molecular complexity index is 1240. The molecule has 0 fully saturated rings. The second-order valence-electron chi connectivity index (χ2n) is 8.55. The van der Waals surface area contributed by atoms with Crippen molar-refractivity contribution in [3.8, 4) is 17.1 Å². The van der Waals surface area contributed by atoms with E-state index in [1.54, 1.807) is 39.0 Å². The van der Waals surface area contributed by atoms with Crippen LogP contribution in [0.1, 0.15) is 32.8 Å². The van der Waals surface area contributed by atoms with Gasteiger partial charge in [-0.25, -0.2) is 4.79 Å². The first-order valence-electron chi connectivity index (χ1n) is 10.5. The number of hydrogen-bond donors (Lipinski definition) is 1. The van der Waals surface area contributed by atoms with Crippen molar-refractivity contribution in [1.29, 1.82) is 0 Å². The highest BCUT2D eigenvalue weighted by Gasteiger charge is 2.22. The average Bonchev–Trinajstić information content (AvgIpc) is 2.73. The smallest absolute Gasteiger partial charge is 0.397 e. The summed E-state index contributed by atoms with van der Waals surface area (Å²) >= 11 is 6.22. The zero-order valence-electron chi connectivity index (χ0n) is 19.0. The molecule has 174 valence electrons. The molecule has 0 atom stereocenters. The zero-order valence-corrected chi connectivity index (χ0v) is 19.7. The Morgan fingerprint density at radius 3 is 2.61 bits per heavy atom. The molecule has 0 aliphatic heterocycles. The Morgan fingerprint density at radius 1 is 1.12 bits per heavy atom. The molecule has 2 aromatic carbocycles. The largest absolute Gasteiger partial charge is 0.493 e. The minimum absolute atomic E-state index is 0.204. The van der Waals surface area contributed by atoms with E-state index in [1.807, 2.05) is 25.1 Å². The molecule has 0 aliphatic rings. The van der Waals surface area contributed by atoms with Crippen LogP contribution in [-0.4, -0.2) is 30.6 Å². The van der Waals surface area contributed by atoms with Crippen LogP contribution in [0.2, 0.25) is 5.02 Å². The van der Waals surface area contributed by atoms with Crippen LogP contribution in [0.15, 0.2) is 51.7 Å². The number of carbonyl (C=O) groups excluding carboxylic acids is 2. The summed E-state index contributed by atoms with van der Waals surface area (Å²) in [6.07, 6.45) is 0.454. The molecule has 1 N–H and O–H groups in total. The number of fused-ring (bicyclic) bond motifs is 1. The normalized spacial score (nSPS) is 11.3. The summed E-state index contributed by atoms with van der Waals surface area (Å²) in [6.45, 7) is 7.50. The summed E-state index contributed by atoms with van der Waals surface area (Å²) in [5, 5.41) is 3.27. The van der Waals surface area contributed by atoms with Gasteiger partial charge < -0.3 is 19.2 Å². The number of benzene rings is 2. The number of rotatable bonds is 6. The van der Waals surface area contributed by atoms with Crippen molar-refractivity contribution >= 4 is 34.4 Å². The molecule has 33 heavy (non-hydrogen) atoms. The van der Waals surface area contributed by atoms with Crippen LogP contribution in [0, 0.1) is 6.92 Å². The Kier molecular flexibility index (Phi) is 7.43. The maximum atomic E-state index is 12.6. The molecule has 3 rings (SSSR count). The summed E-state index contributed by atoms with van der Waals surface area (Å²) in [7, 11) is 0. The molecule has 1 aromatic heterocycles. The van der Waals surface area contributed by atoms with Crippen molar-refractivity contribution in [3.63, 3.8) is 0 Å². The Morgan fingerprint density at radius 2 is 1.88 bits per heavy atom. The third kappa shape index (κ3) is 6.35. The maximum absolute atomic E-state index is 12.6. The Balaban J connectivity index is 1.69. The van der Waals surface area contributed by atoms with E-state index in [1.165, 1.54) is 6.07 Å². The minimum atomic E-state index is -0.922. The summed E-state index contributed by atoms with van der Waals surface area (Å²) in [5.74, 6) is -0.845. The summed E-state index contributed by atoms with van der Waals surface area (Å²) in [4.78, 5) is 36.1. The second-order valence-corrected chi connectivity index (χ2v) is 8.96. The SMILES string of the molecule is Cc1ccc(-c2cc(=O)c3cccc(Cl)c3o2)c(OCCCNC(=O)C(=O)OC(C)(C)C)c1. The van der Waals surface area contributed by atoms with Gasteiger partial charge in [0.2, 0.25) is 0 Å².